The van der Waals surface area contributed by atoms with Crippen molar-refractivity contribution >= 4 is 33.0 Å². The fourth-order valence-corrected chi connectivity index (χ4v) is 5.59. The van der Waals surface area contributed by atoms with Gasteiger partial charge in [0.05, 0.1) is 0 Å². The molecule has 50 heavy (non-hydrogen) atoms. The van der Waals surface area contributed by atoms with Gasteiger partial charge in [-0.1, -0.05) is 132 Å². The molecule has 0 aromatic heterocycles. The second-order valence-electron chi connectivity index (χ2n) is 11.7. The van der Waals surface area contributed by atoms with Gasteiger partial charge in [-0.2, -0.15) is 0 Å². The molecule has 12 nitrogen and oxygen atoms in total. The fraction of sp³-hybridized carbons (Fsp3) is 1.00. The predicted octanol–water partition coefficient (Wildman–Crippen LogP) is 8.94. The van der Waals surface area contributed by atoms with E-state index < -0.39 is 33.0 Å². The van der Waals surface area contributed by atoms with Crippen LogP contribution in [-0.2, 0) is 69.3 Å². The molecule has 304 valence electrons. The van der Waals surface area contributed by atoms with Crippen LogP contribution >= 0.6 is 33.0 Å². The molecule has 18 heteroatoms. The van der Waals surface area contributed by atoms with Crippen LogP contribution in [0.4, 0.5) is 0 Å². The number of unbranched alkanes of at least 4 members (excludes halogenated alkanes) is 4. The van der Waals surface area contributed by atoms with E-state index in [0.717, 1.165) is 103 Å². The normalized spacial score (nSPS) is 13.8. The van der Waals surface area contributed by atoms with Gasteiger partial charge in [0.15, 0.2) is 0 Å². The zero-order chi connectivity index (χ0) is 37.6. The number of hydrogen-bond acceptors (Lipinski definition) is 12. The molecule has 0 fully saturated rings. The van der Waals surface area contributed by atoms with Gasteiger partial charge < -0.3 is 19.6 Å². The molecule has 0 aromatic rings. The predicted molar refractivity (Wildman–Crippen MR) is 187 cm³/mol. The summed E-state index contributed by atoms with van der Waals surface area (Å²) < 4.78 is 58.6. The van der Waals surface area contributed by atoms with E-state index in [2.05, 4.69) is 73.5 Å². The van der Waals surface area contributed by atoms with Crippen LogP contribution in [0.15, 0.2) is 0 Å². The first-order valence-corrected chi connectivity index (χ1v) is 22.3. The molecule has 0 saturated carbocycles. The van der Waals surface area contributed by atoms with Gasteiger partial charge in [-0.3, -0.25) is 0 Å². The van der Waals surface area contributed by atoms with E-state index in [4.69, 9.17) is 0 Å². The van der Waals surface area contributed by atoms with Crippen molar-refractivity contribution < 1.29 is 88.9 Å². The minimum atomic E-state index is -2.65. The third-order valence-electron chi connectivity index (χ3n) is 7.84. The van der Waals surface area contributed by atoms with E-state index in [0.29, 0.717) is 50.1 Å². The van der Waals surface area contributed by atoms with Gasteiger partial charge in [0.25, 0.3) is 0 Å². The summed E-state index contributed by atoms with van der Waals surface area (Å²) in [5.41, 5.74) is 0. The van der Waals surface area contributed by atoms with Gasteiger partial charge in [-0.05, 0) is 67.6 Å². The first-order chi connectivity index (χ1) is 22.8. The summed E-state index contributed by atoms with van der Waals surface area (Å²) >= 11 is 0. The van der Waals surface area contributed by atoms with Crippen LogP contribution in [0.25, 0.3) is 0 Å². The summed E-state index contributed by atoms with van der Waals surface area (Å²) in [5.74, 6) is 1.60. The van der Waals surface area contributed by atoms with Crippen molar-refractivity contribution in [3.8, 4) is 0 Å². The Morgan fingerprint density at radius 1 is 0.380 bits per heavy atom. The quantitative estimate of drug-likeness (QED) is 0.0535. The summed E-state index contributed by atoms with van der Waals surface area (Å²) in [6.45, 7) is 18.2. The summed E-state index contributed by atoms with van der Waals surface area (Å²) in [7, 11) is -10.6. The van der Waals surface area contributed by atoms with Crippen molar-refractivity contribution in [3.63, 3.8) is 0 Å². The Kier molecular flexibility index (Phi) is 63.1. The molecule has 0 amide bonds. The maximum Gasteiger partial charge on any atom is 2.00 e. The van der Waals surface area contributed by atoms with Crippen molar-refractivity contribution in [1.29, 1.82) is 0 Å². The Balaban J connectivity index is -0.000000127. The third-order valence-corrected chi connectivity index (χ3v) is 9.28. The maximum atomic E-state index is 10.1. The molecule has 0 aromatic carbocycles. The van der Waals surface area contributed by atoms with Crippen LogP contribution in [0.3, 0.4) is 0 Å². The van der Waals surface area contributed by atoms with Gasteiger partial charge in [0.2, 0.25) is 0 Å². The van der Waals surface area contributed by atoms with Crippen LogP contribution in [-0.4, -0.2) is 26.4 Å². The Hall–Kier alpha value is 1.07. The van der Waals surface area contributed by atoms with Crippen molar-refractivity contribution in [1.82, 2.24) is 0 Å². The molecule has 0 N–H and O–H groups in total. The Morgan fingerprint density at radius 2 is 0.540 bits per heavy atom. The van der Waals surface area contributed by atoms with E-state index in [-0.39, 0.29) is 33.0 Å². The minimum absolute atomic E-state index is 0. The van der Waals surface area contributed by atoms with Crippen molar-refractivity contribution in [2.75, 3.05) is 26.4 Å². The largest absolute Gasteiger partial charge is 2.00 e. The van der Waals surface area contributed by atoms with E-state index in [1.807, 2.05) is 0 Å². The Morgan fingerprint density at radius 3 is 0.640 bits per heavy atom. The SMILES string of the molecule is CCCCC(CC)CO[P+](=O)[O-].CCCCC(CC)CO[P+](=O)[O-].CCCCC(CC)CO[P+](=O)[O-].CCCCC(CC)CO[P+](=O)[O-].[Ni+2].[Ni+2]. The molecule has 0 spiro atoms. The Labute approximate surface area is 328 Å². The van der Waals surface area contributed by atoms with E-state index >= 15 is 0 Å². The molecule has 0 rings (SSSR count). The van der Waals surface area contributed by atoms with Crippen LogP contribution in [0.5, 0.6) is 0 Å². The molecule has 0 aliphatic rings. The molecular weight excluding hydrogens is 818 g/mol. The first kappa shape index (κ1) is 63.0. The standard InChI is InChI=1S/4C8H17O3P.2Ni/c4*1-3-5-6-8(4-2)7-11-12(9)10;;/h4*8H,3-7H2,1-2H3;;/q;;;;2*+2. The van der Waals surface area contributed by atoms with Crippen molar-refractivity contribution in [3.05, 3.63) is 0 Å². The maximum absolute atomic E-state index is 10.1. The molecule has 0 aliphatic heterocycles. The van der Waals surface area contributed by atoms with E-state index in [1.54, 1.807) is 0 Å². The van der Waals surface area contributed by atoms with Crippen molar-refractivity contribution in [2.24, 2.45) is 23.7 Å². The molecule has 0 saturated heterocycles. The molecule has 0 radical (unpaired) electrons. The molecule has 0 heterocycles. The average Bonchev–Trinajstić information content (AvgIpc) is 3.05. The van der Waals surface area contributed by atoms with Crippen LogP contribution in [0.2, 0.25) is 0 Å². The zero-order valence-corrected chi connectivity index (χ0v) is 37.3. The molecular formula is C32H68Ni2O12P4+4. The zero-order valence-electron chi connectivity index (χ0n) is 31.8. The minimum Gasteiger partial charge on any atom is -0.566 e. The van der Waals surface area contributed by atoms with Gasteiger partial charge in [0, 0.05) is 0 Å². The molecule has 0 bridgehead atoms. The topological polar surface area (TPSA) is 197 Å². The summed E-state index contributed by atoms with van der Waals surface area (Å²) in [6, 6.07) is 0. The average molecular weight is 886 g/mol. The second kappa shape index (κ2) is 50.1. The monoisotopic (exact) mass is 884 g/mol. The molecule has 8 atom stereocenters. The van der Waals surface area contributed by atoms with Gasteiger partial charge in [0.1, 0.15) is 26.4 Å². The summed E-state index contributed by atoms with van der Waals surface area (Å²) in [5, 5.41) is 0. The van der Waals surface area contributed by atoms with Crippen molar-refractivity contribution in [2.45, 2.75) is 158 Å². The van der Waals surface area contributed by atoms with Crippen LogP contribution in [0, 0.1) is 23.7 Å². The smallest absolute Gasteiger partial charge is 0.566 e. The van der Waals surface area contributed by atoms with Gasteiger partial charge in [-0.25, -0.2) is 0 Å². The third kappa shape index (κ3) is 55.8. The fourth-order valence-electron chi connectivity index (χ4n) is 4.26. The van der Waals surface area contributed by atoms with Crippen LogP contribution < -0.4 is 19.6 Å². The summed E-state index contributed by atoms with van der Waals surface area (Å²) in [4.78, 5) is 40.4. The first-order valence-electron chi connectivity index (χ1n) is 17.9. The molecule has 0 aliphatic carbocycles. The van der Waals surface area contributed by atoms with Gasteiger partial charge in [-0.15, -0.1) is 18.1 Å². The Bertz CT molecular complexity index is 642. The second-order valence-corrected chi connectivity index (χ2v) is 14.6. The summed E-state index contributed by atoms with van der Waals surface area (Å²) in [6.07, 6.45) is 17.4. The molecule has 8 unspecified atom stereocenters. The number of hydrogen-bond donors (Lipinski definition) is 0. The van der Waals surface area contributed by atoms with Crippen LogP contribution in [0.1, 0.15) is 158 Å². The number of rotatable bonds is 28. The van der Waals surface area contributed by atoms with Gasteiger partial charge >= 0.3 is 66.0 Å². The van der Waals surface area contributed by atoms with E-state index in [1.165, 1.54) is 0 Å². The van der Waals surface area contributed by atoms with E-state index in [9.17, 15) is 37.8 Å².